The van der Waals surface area contributed by atoms with Crippen molar-refractivity contribution in [2.24, 2.45) is 0 Å². The lowest BCUT2D eigenvalue weighted by Gasteiger charge is -2.31. The highest BCUT2D eigenvalue weighted by Crippen LogP contribution is 2.53. The van der Waals surface area contributed by atoms with Crippen LogP contribution in [-0.2, 0) is 27.1 Å². The molecule has 0 saturated carbocycles. The van der Waals surface area contributed by atoms with Crippen LogP contribution in [0.25, 0.3) is 74.9 Å². The van der Waals surface area contributed by atoms with Gasteiger partial charge in [0, 0.05) is 55.3 Å². The van der Waals surface area contributed by atoms with Gasteiger partial charge >= 0.3 is 0 Å². The molecule has 11 aromatic rings. The highest BCUT2D eigenvalue weighted by atomic mass is 32.1. The summed E-state index contributed by atoms with van der Waals surface area (Å²) in [6, 6.07) is 60.6. The first-order valence-electron chi connectivity index (χ1n) is 28.9. The van der Waals surface area contributed by atoms with Crippen molar-refractivity contribution in [2.75, 3.05) is 16.5 Å². The molecule has 7 heteroatoms. The van der Waals surface area contributed by atoms with E-state index in [0.717, 1.165) is 76.4 Å². The molecular weight excluding hydrogens is 1020 g/mol. The summed E-state index contributed by atoms with van der Waals surface area (Å²) in [6.07, 6.45) is 1.93. The number of hydrogen-bond acceptors (Lipinski definition) is 5. The van der Waals surface area contributed by atoms with E-state index >= 15 is 0 Å². The van der Waals surface area contributed by atoms with E-state index in [4.69, 9.17) is 16.3 Å². The molecule has 0 unspecified atom stereocenters. The van der Waals surface area contributed by atoms with Gasteiger partial charge in [0.05, 0.1) is 34.7 Å². The number of anilines is 4. The first kappa shape index (κ1) is 54.4. The second-order valence-electron chi connectivity index (χ2n) is 27.7. The summed E-state index contributed by atoms with van der Waals surface area (Å²) in [4.78, 5) is 14.0. The average Bonchev–Trinajstić information content (AvgIpc) is 3.79. The van der Waals surface area contributed by atoms with Gasteiger partial charge in [-0.2, -0.15) is 0 Å². The van der Waals surface area contributed by atoms with Crippen LogP contribution >= 0.6 is 11.3 Å². The monoisotopic (exact) mass is 1090 g/mol. The molecule has 6 nitrogen and oxygen atoms in total. The lowest BCUT2D eigenvalue weighted by Crippen LogP contribution is -2.26. The fraction of sp³-hybridized carbons (Fsp3) is 0.280. The number of para-hydroxylation sites is 2. The minimum absolute atomic E-state index is 0.0224. The van der Waals surface area contributed by atoms with Crippen LogP contribution in [0.5, 0.6) is 11.5 Å². The highest BCUT2D eigenvalue weighted by molar-refractivity contribution is 7.27. The van der Waals surface area contributed by atoms with E-state index in [1.807, 2.05) is 18.3 Å². The largest absolute Gasteiger partial charge is 0.457 e. The Morgan fingerprint density at radius 3 is 1.61 bits per heavy atom. The lowest BCUT2D eigenvalue weighted by atomic mass is 9.81. The van der Waals surface area contributed by atoms with E-state index in [1.165, 1.54) is 55.8 Å². The molecule has 12 rings (SSSR count). The standard InChI is InChI=1S/C75H75N5OS/c1-71(2,3)48-28-24-46(25-29-48)59-40-52(75(13,14)15)41-60(47-26-30-49(31-27-47)72(4,5)6)68(59)79-45-78(62-22-17-18-23-63(62)79)53-38-51(74(10,11)12)39-55(43-53)81-54-32-33-58-65(44-54)80(66-42-50(36-37-77-66)73(7,8)9)64-35-34-57-56-20-19-21-61(76-16)69(56)82-70(57)67(58)64/h17-44H,45H2,1-15H3. The number of fused-ring (bicyclic) bond motifs is 8. The third kappa shape index (κ3) is 9.69. The molecule has 4 heterocycles. The van der Waals surface area contributed by atoms with Gasteiger partial charge in [0.1, 0.15) is 24.0 Å². The number of nitrogens with zero attached hydrogens (tertiary/aromatic N) is 5. The molecule has 0 bridgehead atoms. The zero-order valence-corrected chi connectivity index (χ0v) is 51.2. The van der Waals surface area contributed by atoms with Gasteiger partial charge in [-0.15, -0.1) is 11.3 Å². The Bertz CT molecular complexity index is 4280. The molecule has 0 fully saturated rings. The molecular formula is C75H75N5OS. The Balaban J connectivity index is 1.02. The predicted octanol–water partition coefficient (Wildman–Crippen LogP) is 22.0. The van der Waals surface area contributed by atoms with Gasteiger partial charge in [-0.3, -0.25) is 4.57 Å². The molecule has 0 amide bonds. The molecule has 0 saturated heterocycles. The number of rotatable bonds is 7. The zero-order chi connectivity index (χ0) is 58.0. The van der Waals surface area contributed by atoms with Crippen molar-refractivity contribution in [2.45, 2.75) is 131 Å². The predicted molar refractivity (Wildman–Crippen MR) is 351 cm³/mol. The molecule has 1 aliphatic rings. The van der Waals surface area contributed by atoms with E-state index in [-0.39, 0.29) is 27.1 Å². The van der Waals surface area contributed by atoms with Gasteiger partial charge in [-0.05, 0) is 144 Å². The molecule has 0 atom stereocenters. The second kappa shape index (κ2) is 19.5. The third-order valence-corrected chi connectivity index (χ3v) is 18.0. The summed E-state index contributed by atoms with van der Waals surface area (Å²) < 4.78 is 11.7. The van der Waals surface area contributed by atoms with E-state index in [0.29, 0.717) is 12.4 Å². The quantitative estimate of drug-likeness (QED) is 0.149. The van der Waals surface area contributed by atoms with Gasteiger partial charge < -0.3 is 14.5 Å². The number of pyridine rings is 1. The molecule has 82 heavy (non-hydrogen) atoms. The topological polar surface area (TPSA) is 37.9 Å². The minimum atomic E-state index is -0.197. The van der Waals surface area contributed by atoms with Gasteiger partial charge in [0.2, 0.25) is 5.69 Å². The van der Waals surface area contributed by atoms with E-state index in [1.54, 1.807) is 11.3 Å². The average molecular weight is 1090 g/mol. The van der Waals surface area contributed by atoms with Crippen molar-refractivity contribution in [1.82, 2.24) is 9.55 Å². The lowest BCUT2D eigenvalue weighted by molar-refractivity contribution is 0.479. The number of aromatic nitrogens is 2. The Morgan fingerprint density at radius 1 is 0.463 bits per heavy atom. The summed E-state index contributed by atoms with van der Waals surface area (Å²) in [5.74, 6) is 2.35. The van der Waals surface area contributed by atoms with Crippen molar-refractivity contribution in [3.63, 3.8) is 0 Å². The summed E-state index contributed by atoms with van der Waals surface area (Å²) in [6.45, 7) is 42.9. The third-order valence-electron chi connectivity index (χ3n) is 16.7. The summed E-state index contributed by atoms with van der Waals surface area (Å²) in [7, 11) is 0. The van der Waals surface area contributed by atoms with Gasteiger partial charge in [-0.1, -0.05) is 189 Å². The fourth-order valence-electron chi connectivity index (χ4n) is 11.8. The van der Waals surface area contributed by atoms with Crippen molar-refractivity contribution < 1.29 is 4.74 Å². The van der Waals surface area contributed by atoms with Crippen molar-refractivity contribution >= 4 is 81.8 Å². The van der Waals surface area contributed by atoms with Crippen molar-refractivity contribution in [3.8, 4) is 39.6 Å². The Labute approximate surface area is 489 Å². The fourth-order valence-corrected chi connectivity index (χ4v) is 13.1. The SMILES string of the molecule is [C-]#[N+]c1cccc2c1sc1c2ccc2c1c1ccc(Oc3cc(N4CN(c5c(-c6ccc(C(C)(C)C)cc6)cc(C(C)(C)C)cc5-c5ccc(C(C)(C)C)cc5)c5ccccc54)cc(C(C)(C)C)c3)cc1n2-c1cc(C(C)(C)C)ccn1. The maximum absolute atomic E-state index is 8.02. The van der Waals surface area contributed by atoms with Crippen LogP contribution < -0.4 is 14.5 Å². The summed E-state index contributed by atoms with van der Waals surface area (Å²) >= 11 is 1.71. The first-order valence-corrected chi connectivity index (χ1v) is 29.7. The molecule has 0 radical (unpaired) electrons. The van der Waals surface area contributed by atoms with Gasteiger partial charge in [0.15, 0.2) is 0 Å². The van der Waals surface area contributed by atoms with Crippen LogP contribution in [0.1, 0.15) is 132 Å². The normalized spacial score (nSPS) is 13.4. The molecule has 3 aromatic heterocycles. The molecule has 412 valence electrons. The highest BCUT2D eigenvalue weighted by Gasteiger charge is 2.34. The summed E-state index contributed by atoms with van der Waals surface area (Å²) in [5.41, 5.74) is 18.0. The van der Waals surface area contributed by atoms with Crippen LogP contribution in [0.4, 0.5) is 28.4 Å². The Kier molecular flexibility index (Phi) is 12.9. The number of ether oxygens (including phenoxy) is 1. The molecule has 0 N–H and O–H groups in total. The smallest absolute Gasteiger partial charge is 0.204 e. The van der Waals surface area contributed by atoms with E-state index < -0.39 is 0 Å². The maximum atomic E-state index is 8.02. The molecule has 0 aliphatic carbocycles. The Morgan fingerprint density at radius 2 is 1.02 bits per heavy atom. The maximum Gasteiger partial charge on any atom is 0.204 e. The van der Waals surface area contributed by atoms with Crippen LogP contribution in [0.15, 0.2) is 170 Å². The van der Waals surface area contributed by atoms with E-state index in [9.17, 15) is 0 Å². The number of hydrogen-bond donors (Lipinski definition) is 0. The van der Waals surface area contributed by atoms with Crippen LogP contribution in [-0.4, -0.2) is 16.2 Å². The van der Waals surface area contributed by atoms with Crippen LogP contribution in [0.2, 0.25) is 0 Å². The van der Waals surface area contributed by atoms with Gasteiger partial charge in [0.25, 0.3) is 0 Å². The molecule has 0 spiro atoms. The van der Waals surface area contributed by atoms with Gasteiger partial charge in [-0.25, -0.2) is 9.83 Å². The number of benzene rings is 8. The van der Waals surface area contributed by atoms with E-state index in [2.05, 4.69) is 275 Å². The van der Waals surface area contributed by atoms with Crippen molar-refractivity contribution in [3.05, 3.63) is 209 Å². The van der Waals surface area contributed by atoms with Crippen LogP contribution in [0, 0.1) is 6.57 Å². The molecule has 1 aliphatic heterocycles. The number of thiophene rings is 1. The molecule has 8 aromatic carbocycles. The summed E-state index contributed by atoms with van der Waals surface area (Å²) in [5, 5.41) is 4.52. The zero-order valence-electron chi connectivity index (χ0n) is 50.4. The van der Waals surface area contributed by atoms with Crippen LogP contribution in [0.3, 0.4) is 0 Å². The first-order chi connectivity index (χ1) is 38.7. The second-order valence-corrected chi connectivity index (χ2v) is 28.8. The minimum Gasteiger partial charge on any atom is -0.457 e. The van der Waals surface area contributed by atoms with Crippen molar-refractivity contribution in [1.29, 1.82) is 0 Å². The Hall–Kier alpha value is -8.18.